The average molecular weight is 214 g/mol. The van der Waals surface area contributed by atoms with E-state index in [0.717, 1.165) is 6.07 Å². The van der Waals surface area contributed by atoms with Gasteiger partial charge in [-0.3, -0.25) is 0 Å². The first-order valence-corrected chi connectivity index (χ1v) is 4.83. The van der Waals surface area contributed by atoms with Gasteiger partial charge in [-0.1, -0.05) is 13.0 Å². The number of phenols is 1. The fourth-order valence-electron chi connectivity index (χ4n) is 1.40. The van der Waals surface area contributed by atoms with E-state index in [2.05, 4.69) is 0 Å². The normalized spacial score (nSPS) is 14.9. The molecule has 0 saturated heterocycles. The lowest BCUT2D eigenvalue weighted by atomic mass is 9.95. The summed E-state index contributed by atoms with van der Waals surface area (Å²) in [5.74, 6) is -1.33. The zero-order valence-corrected chi connectivity index (χ0v) is 8.52. The van der Waals surface area contributed by atoms with E-state index in [4.69, 9.17) is 10.2 Å². The Morgan fingerprint density at radius 2 is 2.07 bits per heavy atom. The molecule has 0 aromatic heterocycles. The molecule has 84 valence electrons. The summed E-state index contributed by atoms with van der Waals surface area (Å²) in [6.45, 7) is 1.75. The van der Waals surface area contributed by atoms with Crippen LogP contribution in [0.4, 0.5) is 4.39 Å². The van der Waals surface area contributed by atoms with Gasteiger partial charge in [-0.05, 0) is 30.0 Å². The third-order valence-corrected chi connectivity index (χ3v) is 2.44. The second kappa shape index (κ2) is 5.09. The van der Waals surface area contributed by atoms with Gasteiger partial charge in [0.1, 0.15) is 0 Å². The van der Waals surface area contributed by atoms with E-state index in [1.807, 2.05) is 0 Å². The van der Waals surface area contributed by atoms with Gasteiger partial charge in [0.05, 0.1) is 6.10 Å². The number of aliphatic hydroxyl groups excluding tert-OH is 2. The van der Waals surface area contributed by atoms with Crippen LogP contribution >= 0.6 is 0 Å². The van der Waals surface area contributed by atoms with Crippen molar-refractivity contribution < 1.29 is 19.7 Å². The van der Waals surface area contributed by atoms with Gasteiger partial charge in [0.25, 0.3) is 0 Å². The Balaban J connectivity index is 2.81. The molecule has 4 heteroatoms. The number of rotatable bonds is 4. The van der Waals surface area contributed by atoms with Crippen molar-refractivity contribution in [2.75, 3.05) is 6.61 Å². The van der Waals surface area contributed by atoms with Crippen LogP contribution < -0.4 is 0 Å². The van der Waals surface area contributed by atoms with Crippen molar-refractivity contribution in [3.05, 3.63) is 29.6 Å². The van der Waals surface area contributed by atoms with E-state index in [1.54, 1.807) is 6.92 Å². The highest BCUT2D eigenvalue weighted by Gasteiger charge is 2.17. The minimum Gasteiger partial charge on any atom is -0.505 e. The Kier molecular flexibility index (Phi) is 4.05. The van der Waals surface area contributed by atoms with Crippen molar-refractivity contribution in [2.45, 2.75) is 19.4 Å². The lowest BCUT2D eigenvalue weighted by Crippen LogP contribution is -2.10. The maximum absolute atomic E-state index is 13.0. The lowest BCUT2D eigenvalue weighted by molar-refractivity contribution is 0.0987. The molecule has 0 aliphatic heterocycles. The van der Waals surface area contributed by atoms with Crippen molar-refractivity contribution in [2.24, 2.45) is 5.92 Å². The fraction of sp³-hybridized carbons (Fsp3) is 0.455. The van der Waals surface area contributed by atoms with E-state index in [0.29, 0.717) is 12.0 Å². The van der Waals surface area contributed by atoms with Crippen molar-refractivity contribution in [1.82, 2.24) is 0 Å². The van der Waals surface area contributed by atoms with Crippen LogP contribution in [0.15, 0.2) is 18.2 Å². The lowest BCUT2D eigenvalue weighted by Gasteiger charge is -2.18. The van der Waals surface area contributed by atoms with E-state index < -0.39 is 17.7 Å². The first-order chi connectivity index (χ1) is 7.06. The second-order valence-electron chi connectivity index (χ2n) is 3.65. The molecule has 0 bridgehead atoms. The van der Waals surface area contributed by atoms with Crippen LogP contribution in [0.25, 0.3) is 0 Å². The molecule has 0 unspecified atom stereocenters. The summed E-state index contributed by atoms with van der Waals surface area (Å²) in [4.78, 5) is 0. The largest absolute Gasteiger partial charge is 0.505 e. The number of hydrogen-bond donors (Lipinski definition) is 3. The van der Waals surface area contributed by atoms with Crippen molar-refractivity contribution >= 4 is 0 Å². The molecule has 0 spiro atoms. The van der Waals surface area contributed by atoms with Crippen LogP contribution in [-0.2, 0) is 0 Å². The minimum absolute atomic E-state index is 0.0151. The molecule has 0 fully saturated rings. The first kappa shape index (κ1) is 11.9. The monoisotopic (exact) mass is 214 g/mol. The minimum atomic E-state index is -0.827. The zero-order chi connectivity index (χ0) is 11.4. The molecule has 2 atom stereocenters. The molecule has 1 aromatic rings. The van der Waals surface area contributed by atoms with Gasteiger partial charge >= 0.3 is 0 Å². The van der Waals surface area contributed by atoms with E-state index in [1.165, 1.54) is 12.1 Å². The van der Waals surface area contributed by atoms with E-state index >= 15 is 0 Å². The quantitative estimate of drug-likeness (QED) is 0.713. The summed E-state index contributed by atoms with van der Waals surface area (Å²) in [6.07, 6.45) is -0.379. The Morgan fingerprint density at radius 1 is 1.40 bits per heavy atom. The summed E-state index contributed by atoms with van der Waals surface area (Å²) >= 11 is 0. The molecule has 3 N–H and O–H groups in total. The molecule has 0 aliphatic rings. The third-order valence-electron chi connectivity index (χ3n) is 2.44. The molecule has 0 amide bonds. The number of hydrogen-bond acceptors (Lipinski definition) is 3. The molecule has 1 rings (SSSR count). The number of aromatic hydroxyl groups is 1. The highest BCUT2D eigenvalue weighted by molar-refractivity contribution is 5.29. The maximum atomic E-state index is 13.0. The Hall–Kier alpha value is -1.13. The van der Waals surface area contributed by atoms with Crippen molar-refractivity contribution in [3.8, 4) is 5.75 Å². The molecule has 1 aromatic carbocycles. The van der Waals surface area contributed by atoms with Gasteiger partial charge in [-0.2, -0.15) is 0 Å². The summed E-state index contributed by atoms with van der Waals surface area (Å²) in [5, 5.41) is 27.5. The van der Waals surface area contributed by atoms with Crippen molar-refractivity contribution in [3.63, 3.8) is 0 Å². The summed E-state index contributed by atoms with van der Waals surface area (Å²) < 4.78 is 13.0. The van der Waals surface area contributed by atoms with Crippen molar-refractivity contribution in [1.29, 1.82) is 0 Å². The number of phenolic OH excluding ortho intramolecular Hbond substituents is 1. The SMILES string of the molecule is C[C@H](CCO)[C@H](O)c1ccc(O)c(F)c1. The maximum Gasteiger partial charge on any atom is 0.165 e. The second-order valence-corrected chi connectivity index (χ2v) is 3.65. The number of aliphatic hydroxyl groups is 2. The first-order valence-electron chi connectivity index (χ1n) is 4.83. The smallest absolute Gasteiger partial charge is 0.165 e. The van der Waals surface area contributed by atoms with Crippen LogP contribution in [0.1, 0.15) is 25.0 Å². The Bertz CT molecular complexity index is 328. The highest BCUT2D eigenvalue weighted by Crippen LogP contribution is 2.27. The van der Waals surface area contributed by atoms with Crippen LogP contribution in [0, 0.1) is 11.7 Å². The Labute approximate surface area is 87.8 Å². The van der Waals surface area contributed by atoms with Crippen LogP contribution in [0.5, 0.6) is 5.75 Å². The fourth-order valence-corrected chi connectivity index (χ4v) is 1.40. The molecule has 15 heavy (non-hydrogen) atoms. The summed E-state index contributed by atoms with van der Waals surface area (Å²) in [7, 11) is 0. The van der Waals surface area contributed by atoms with Gasteiger partial charge in [0.2, 0.25) is 0 Å². The van der Waals surface area contributed by atoms with Gasteiger partial charge in [0, 0.05) is 6.61 Å². The Morgan fingerprint density at radius 3 is 2.60 bits per heavy atom. The third kappa shape index (κ3) is 2.91. The van der Waals surface area contributed by atoms with Gasteiger partial charge in [0.15, 0.2) is 11.6 Å². The number of benzene rings is 1. The molecular formula is C11H15FO3. The highest BCUT2D eigenvalue weighted by atomic mass is 19.1. The molecular weight excluding hydrogens is 199 g/mol. The molecule has 3 nitrogen and oxygen atoms in total. The van der Waals surface area contributed by atoms with Crippen LogP contribution in [-0.4, -0.2) is 21.9 Å². The van der Waals surface area contributed by atoms with E-state index in [9.17, 15) is 9.50 Å². The number of halogens is 1. The summed E-state index contributed by atoms with van der Waals surface area (Å²) in [5.41, 5.74) is 0.409. The zero-order valence-electron chi connectivity index (χ0n) is 8.52. The summed E-state index contributed by atoms with van der Waals surface area (Å²) in [6, 6.07) is 3.78. The predicted molar refractivity (Wildman–Crippen MR) is 53.9 cm³/mol. The standard InChI is InChI=1S/C11H15FO3/c1-7(4-5-13)11(15)8-2-3-10(14)9(12)6-8/h2-3,6-7,11,13-15H,4-5H2,1H3/t7-,11+/m1/s1. The van der Waals surface area contributed by atoms with Gasteiger partial charge < -0.3 is 15.3 Å². The van der Waals surface area contributed by atoms with Crippen LogP contribution in [0.3, 0.4) is 0 Å². The molecule has 0 heterocycles. The topological polar surface area (TPSA) is 60.7 Å². The predicted octanol–water partition coefficient (Wildman–Crippen LogP) is 1.58. The average Bonchev–Trinajstić information content (AvgIpc) is 2.21. The molecule has 0 saturated carbocycles. The molecule has 0 aliphatic carbocycles. The van der Waals surface area contributed by atoms with E-state index in [-0.39, 0.29) is 12.5 Å². The molecule has 0 radical (unpaired) electrons. The van der Waals surface area contributed by atoms with Crippen LogP contribution in [0.2, 0.25) is 0 Å². The van der Waals surface area contributed by atoms with Gasteiger partial charge in [-0.25, -0.2) is 4.39 Å². The van der Waals surface area contributed by atoms with Gasteiger partial charge in [-0.15, -0.1) is 0 Å².